The molecule has 2 rings (SSSR count). The zero-order chi connectivity index (χ0) is 19.7. The molecule has 0 atom stereocenters. The van der Waals surface area contributed by atoms with Crippen LogP contribution in [-0.2, 0) is 26.9 Å². The van der Waals surface area contributed by atoms with Crippen LogP contribution in [-0.4, -0.2) is 26.7 Å². The SMILES string of the molecule is CCCCOc1cccc(CNC(=O)CS(=O)(=O)Cc2ccc(Br)cc2)c1. The third kappa shape index (κ3) is 8.13. The van der Waals surface area contributed by atoms with Gasteiger partial charge in [0.15, 0.2) is 9.84 Å². The van der Waals surface area contributed by atoms with Crippen LogP contribution >= 0.6 is 15.9 Å². The van der Waals surface area contributed by atoms with E-state index in [1.54, 1.807) is 24.3 Å². The van der Waals surface area contributed by atoms with Gasteiger partial charge < -0.3 is 10.1 Å². The predicted molar refractivity (Wildman–Crippen MR) is 110 cm³/mol. The zero-order valence-corrected chi connectivity index (χ0v) is 17.7. The molecular formula is C20H24BrNO4S. The van der Waals surface area contributed by atoms with Gasteiger partial charge in [-0.15, -0.1) is 0 Å². The fourth-order valence-corrected chi connectivity index (χ4v) is 3.98. The summed E-state index contributed by atoms with van der Waals surface area (Å²) in [5.74, 6) is -0.452. The third-order valence-corrected chi connectivity index (χ3v) is 5.81. The molecule has 2 aromatic carbocycles. The zero-order valence-electron chi connectivity index (χ0n) is 15.3. The number of nitrogens with one attached hydrogen (secondary N) is 1. The van der Waals surface area contributed by atoms with Crippen molar-refractivity contribution >= 4 is 31.7 Å². The molecule has 1 amide bonds. The second-order valence-electron chi connectivity index (χ2n) is 6.28. The highest BCUT2D eigenvalue weighted by atomic mass is 79.9. The van der Waals surface area contributed by atoms with E-state index < -0.39 is 21.5 Å². The Morgan fingerprint density at radius 1 is 1.11 bits per heavy atom. The summed E-state index contributed by atoms with van der Waals surface area (Å²) in [4.78, 5) is 12.0. The van der Waals surface area contributed by atoms with Gasteiger partial charge in [-0.25, -0.2) is 8.42 Å². The first-order valence-corrected chi connectivity index (χ1v) is 11.4. The average Bonchev–Trinajstić information content (AvgIpc) is 2.62. The average molecular weight is 454 g/mol. The van der Waals surface area contributed by atoms with E-state index in [0.717, 1.165) is 28.6 Å². The Labute approximate surface area is 169 Å². The molecule has 0 bridgehead atoms. The molecule has 0 aliphatic heterocycles. The first kappa shape index (κ1) is 21.4. The van der Waals surface area contributed by atoms with Gasteiger partial charge in [0.2, 0.25) is 5.91 Å². The Hall–Kier alpha value is -1.86. The Morgan fingerprint density at radius 3 is 2.56 bits per heavy atom. The quantitative estimate of drug-likeness (QED) is 0.554. The second-order valence-corrected chi connectivity index (χ2v) is 9.27. The van der Waals surface area contributed by atoms with Crippen molar-refractivity contribution < 1.29 is 17.9 Å². The van der Waals surface area contributed by atoms with Crippen molar-refractivity contribution in [1.82, 2.24) is 5.32 Å². The Kier molecular flexibility index (Phi) is 8.31. The smallest absolute Gasteiger partial charge is 0.235 e. The second kappa shape index (κ2) is 10.5. The van der Waals surface area contributed by atoms with Crippen molar-refractivity contribution in [2.75, 3.05) is 12.4 Å². The molecule has 1 N–H and O–H groups in total. The number of hydrogen-bond acceptors (Lipinski definition) is 4. The number of benzene rings is 2. The molecule has 5 nitrogen and oxygen atoms in total. The minimum absolute atomic E-state index is 0.158. The van der Waals surface area contributed by atoms with Gasteiger partial charge in [0, 0.05) is 11.0 Å². The fraction of sp³-hybridized carbons (Fsp3) is 0.350. The van der Waals surface area contributed by atoms with Crippen molar-refractivity contribution in [2.45, 2.75) is 32.1 Å². The van der Waals surface area contributed by atoms with Gasteiger partial charge in [-0.3, -0.25) is 4.79 Å². The molecule has 27 heavy (non-hydrogen) atoms. The van der Waals surface area contributed by atoms with Crippen molar-refractivity contribution in [2.24, 2.45) is 0 Å². The van der Waals surface area contributed by atoms with Gasteiger partial charge in [0.25, 0.3) is 0 Å². The molecule has 2 aromatic rings. The first-order valence-electron chi connectivity index (χ1n) is 8.81. The Bertz CT molecular complexity index is 851. The maximum Gasteiger partial charge on any atom is 0.235 e. The molecule has 0 heterocycles. The molecule has 7 heteroatoms. The van der Waals surface area contributed by atoms with Crippen LogP contribution in [0, 0.1) is 0 Å². The van der Waals surface area contributed by atoms with E-state index in [2.05, 4.69) is 28.2 Å². The number of carbonyl (C=O) groups is 1. The fourth-order valence-electron chi connectivity index (χ4n) is 2.42. The van der Waals surface area contributed by atoms with Crippen LogP contribution in [0.4, 0.5) is 0 Å². The topological polar surface area (TPSA) is 72.5 Å². The lowest BCUT2D eigenvalue weighted by Gasteiger charge is -2.09. The van der Waals surface area contributed by atoms with Crippen LogP contribution in [0.25, 0.3) is 0 Å². The summed E-state index contributed by atoms with van der Waals surface area (Å²) in [5.41, 5.74) is 1.52. The molecule has 0 aliphatic carbocycles. The maximum absolute atomic E-state index is 12.2. The summed E-state index contributed by atoms with van der Waals surface area (Å²) in [6.45, 7) is 3.01. The molecule has 0 aliphatic rings. The first-order chi connectivity index (χ1) is 12.9. The van der Waals surface area contributed by atoms with Gasteiger partial charge in [-0.05, 0) is 41.8 Å². The molecule has 0 saturated carbocycles. The van der Waals surface area contributed by atoms with E-state index in [1.165, 1.54) is 0 Å². The summed E-state index contributed by atoms with van der Waals surface area (Å²) in [6.07, 6.45) is 2.04. The van der Waals surface area contributed by atoms with Crippen molar-refractivity contribution in [3.05, 3.63) is 64.1 Å². The standard InChI is InChI=1S/C20H24BrNO4S/c1-2-3-11-26-19-6-4-5-17(12-19)13-22-20(23)15-27(24,25)14-16-7-9-18(21)10-8-16/h4-10,12H,2-3,11,13-15H2,1H3,(H,22,23). The van der Waals surface area contributed by atoms with E-state index in [0.29, 0.717) is 12.2 Å². The molecular weight excluding hydrogens is 430 g/mol. The van der Waals surface area contributed by atoms with E-state index in [1.807, 2.05) is 24.3 Å². The van der Waals surface area contributed by atoms with Crippen molar-refractivity contribution in [1.29, 1.82) is 0 Å². The lowest BCUT2D eigenvalue weighted by atomic mass is 10.2. The Morgan fingerprint density at radius 2 is 1.85 bits per heavy atom. The molecule has 146 valence electrons. The molecule has 0 saturated heterocycles. The number of sulfone groups is 1. The number of carbonyl (C=O) groups excluding carboxylic acids is 1. The van der Waals surface area contributed by atoms with Gasteiger partial charge in [0.05, 0.1) is 12.4 Å². The van der Waals surface area contributed by atoms with Gasteiger partial charge in [-0.1, -0.05) is 53.5 Å². The Balaban J connectivity index is 1.84. The minimum atomic E-state index is -3.53. The van der Waals surface area contributed by atoms with Crippen LogP contribution < -0.4 is 10.1 Å². The van der Waals surface area contributed by atoms with Crippen LogP contribution in [0.3, 0.4) is 0 Å². The molecule has 0 aromatic heterocycles. The predicted octanol–water partition coefficient (Wildman–Crippen LogP) is 3.86. The van der Waals surface area contributed by atoms with Gasteiger partial charge in [-0.2, -0.15) is 0 Å². The summed E-state index contributed by atoms with van der Waals surface area (Å²) in [6, 6.07) is 14.4. The van der Waals surface area contributed by atoms with Crippen LogP contribution in [0.2, 0.25) is 0 Å². The maximum atomic E-state index is 12.2. The highest BCUT2D eigenvalue weighted by molar-refractivity contribution is 9.10. The number of ether oxygens (including phenoxy) is 1. The van der Waals surface area contributed by atoms with E-state index >= 15 is 0 Å². The van der Waals surface area contributed by atoms with Gasteiger partial charge >= 0.3 is 0 Å². The molecule has 0 radical (unpaired) electrons. The molecule has 0 unspecified atom stereocenters. The number of amides is 1. The normalized spacial score (nSPS) is 11.2. The van der Waals surface area contributed by atoms with Crippen molar-refractivity contribution in [3.63, 3.8) is 0 Å². The van der Waals surface area contributed by atoms with E-state index in [-0.39, 0.29) is 12.3 Å². The summed E-state index contributed by atoms with van der Waals surface area (Å²) in [5, 5.41) is 2.66. The lowest BCUT2D eigenvalue weighted by Crippen LogP contribution is -2.30. The van der Waals surface area contributed by atoms with Crippen LogP contribution in [0.15, 0.2) is 53.0 Å². The minimum Gasteiger partial charge on any atom is -0.494 e. The molecule has 0 spiro atoms. The number of hydrogen-bond donors (Lipinski definition) is 1. The summed E-state index contributed by atoms with van der Waals surface area (Å²) < 4.78 is 30.9. The number of halogens is 1. The van der Waals surface area contributed by atoms with E-state index in [9.17, 15) is 13.2 Å². The monoisotopic (exact) mass is 453 g/mol. The molecule has 0 fully saturated rings. The largest absolute Gasteiger partial charge is 0.494 e. The van der Waals surface area contributed by atoms with Crippen LogP contribution in [0.5, 0.6) is 5.75 Å². The number of rotatable bonds is 10. The van der Waals surface area contributed by atoms with Crippen molar-refractivity contribution in [3.8, 4) is 5.75 Å². The lowest BCUT2D eigenvalue weighted by molar-refractivity contribution is -0.118. The highest BCUT2D eigenvalue weighted by Gasteiger charge is 2.17. The summed E-state index contributed by atoms with van der Waals surface area (Å²) >= 11 is 3.31. The van der Waals surface area contributed by atoms with E-state index in [4.69, 9.17) is 4.74 Å². The third-order valence-electron chi connectivity index (χ3n) is 3.81. The van der Waals surface area contributed by atoms with Crippen LogP contribution in [0.1, 0.15) is 30.9 Å². The van der Waals surface area contributed by atoms with Gasteiger partial charge in [0.1, 0.15) is 11.5 Å². The highest BCUT2D eigenvalue weighted by Crippen LogP contribution is 2.15. The number of unbranched alkanes of at least 4 members (excludes halogenated alkanes) is 1. The summed E-state index contributed by atoms with van der Waals surface area (Å²) in [7, 11) is -3.53.